The van der Waals surface area contributed by atoms with Crippen LogP contribution in [-0.2, 0) is 21.2 Å². The van der Waals surface area contributed by atoms with Gasteiger partial charge in [0.1, 0.15) is 6.54 Å². The molecule has 0 bridgehead atoms. The van der Waals surface area contributed by atoms with Crippen LogP contribution in [0.5, 0.6) is 0 Å². The van der Waals surface area contributed by atoms with Crippen molar-refractivity contribution in [2.75, 3.05) is 11.9 Å². The Labute approximate surface area is 159 Å². The molecule has 2 rings (SSSR count). The highest BCUT2D eigenvalue weighted by atomic mass is 35.5. The number of sulfonamides is 1. The van der Waals surface area contributed by atoms with Gasteiger partial charge in [0.25, 0.3) is 0 Å². The number of carbonyl (C=O) groups is 1. The SMILES string of the molecule is O=C(CCc1ccccc1Cl)Nc1ccc(S(=O)(=O)NCC(F)(F)F)cc1. The van der Waals surface area contributed by atoms with Crippen LogP contribution in [-0.4, -0.2) is 27.0 Å². The topological polar surface area (TPSA) is 75.3 Å². The van der Waals surface area contributed by atoms with Gasteiger partial charge in [-0.25, -0.2) is 13.1 Å². The highest BCUT2D eigenvalue weighted by molar-refractivity contribution is 7.89. The summed E-state index contributed by atoms with van der Waals surface area (Å²) in [7, 11) is -4.29. The van der Waals surface area contributed by atoms with Crippen molar-refractivity contribution in [1.29, 1.82) is 0 Å². The van der Waals surface area contributed by atoms with Crippen LogP contribution in [0.3, 0.4) is 0 Å². The monoisotopic (exact) mass is 420 g/mol. The first kappa shape index (κ1) is 21.2. The molecule has 5 nitrogen and oxygen atoms in total. The molecule has 0 aliphatic carbocycles. The Morgan fingerprint density at radius 3 is 2.26 bits per heavy atom. The van der Waals surface area contributed by atoms with E-state index in [1.807, 2.05) is 12.1 Å². The van der Waals surface area contributed by atoms with Gasteiger partial charge in [-0.2, -0.15) is 13.2 Å². The Morgan fingerprint density at radius 1 is 1.04 bits per heavy atom. The van der Waals surface area contributed by atoms with Gasteiger partial charge in [0, 0.05) is 17.1 Å². The molecule has 0 unspecified atom stereocenters. The molecule has 0 spiro atoms. The highest BCUT2D eigenvalue weighted by Gasteiger charge is 2.30. The van der Waals surface area contributed by atoms with Crippen LogP contribution in [0.1, 0.15) is 12.0 Å². The van der Waals surface area contributed by atoms with Gasteiger partial charge in [0.15, 0.2) is 0 Å². The first-order valence-corrected chi connectivity index (χ1v) is 9.63. The first-order chi connectivity index (χ1) is 12.6. The zero-order chi connectivity index (χ0) is 20.1. The maximum absolute atomic E-state index is 12.1. The molecule has 0 atom stereocenters. The van der Waals surface area contributed by atoms with E-state index in [0.717, 1.165) is 17.7 Å². The molecule has 146 valence electrons. The van der Waals surface area contributed by atoms with Crippen LogP contribution in [0, 0.1) is 0 Å². The van der Waals surface area contributed by atoms with E-state index in [2.05, 4.69) is 5.32 Å². The van der Waals surface area contributed by atoms with E-state index in [0.29, 0.717) is 17.1 Å². The van der Waals surface area contributed by atoms with E-state index in [9.17, 15) is 26.4 Å². The normalized spacial score (nSPS) is 12.0. The van der Waals surface area contributed by atoms with Crippen LogP contribution in [0.15, 0.2) is 53.4 Å². The Kier molecular flexibility index (Phi) is 6.85. The smallest absolute Gasteiger partial charge is 0.326 e. The summed E-state index contributed by atoms with van der Waals surface area (Å²) in [5.74, 6) is -0.305. The Balaban J connectivity index is 1.93. The number of anilines is 1. The fourth-order valence-corrected chi connectivity index (χ4v) is 3.40. The number of hydrogen-bond donors (Lipinski definition) is 2. The van der Waals surface area contributed by atoms with Crippen molar-refractivity contribution in [1.82, 2.24) is 4.72 Å². The average molecular weight is 421 g/mol. The lowest BCUT2D eigenvalue weighted by atomic mass is 10.1. The molecule has 10 heteroatoms. The Hall–Kier alpha value is -2.10. The Bertz CT molecular complexity index is 900. The summed E-state index contributed by atoms with van der Waals surface area (Å²) in [4.78, 5) is 11.6. The fraction of sp³-hybridized carbons (Fsp3) is 0.235. The summed E-state index contributed by atoms with van der Waals surface area (Å²) in [5, 5.41) is 3.15. The van der Waals surface area contributed by atoms with E-state index in [1.165, 1.54) is 16.9 Å². The third-order valence-electron chi connectivity index (χ3n) is 3.49. The molecule has 0 aliphatic rings. The number of halogens is 4. The summed E-state index contributed by atoms with van der Waals surface area (Å²) in [6.45, 7) is -1.66. The standard InChI is InChI=1S/C17H16ClF3N2O3S/c18-15-4-2-1-3-12(15)5-10-16(24)23-13-6-8-14(9-7-13)27(25,26)22-11-17(19,20)21/h1-4,6-9,22H,5,10-11H2,(H,23,24). The van der Waals surface area contributed by atoms with Crippen LogP contribution in [0.2, 0.25) is 5.02 Å². The number of rotatable bonds is 7. The molecule has 2 N–H and O–H groups in total. The molecule has 1 amide bonds. The van der Waals surface area contributed by atoms with E-state index < -0.39 is 22.7 Å². The number of carbonyl (C=O) groups excluding carboxylic acids is 1. The number of amides is 1. The molecule has 2 aromatic carbocycles. The summed E-state index contributed by atoms with van der Waals surface area (Å²) < 4.78 is 61.5. The van der Waals surface area contributed by atoms with Crippen molar-refractivity contribution in [3.8, 4) is 0 Å². The van der Waals surface area contributed by atoms with Crippen molar-refractivity contribution in [3.63, 3.8) is 0 Å². The van der Waals surface area contributed by atoms with E-state index in [-0.39, 0.29) is 17.2 Å². The summed E-state index contributed by atoms with van der Waals surface area (Å²) in [6.07, 6.45) is -4.06. The van der Waals surface area contributed by atoms with Crippen molar-refractivity contribution >= 4 is 33.2 Å². The summed E-state index contributed by atoms with van der Waals surface area (Å²) in [5.41, 5.74) is 1.15. The summed E-state index contributed by atoms with van der Waals surface area (Å²) in [6, 6.07) is 12.0. The number of nitrogens with one attached hydrogen (secondary N) is 2. The number of alkyl halides is 3. The molecule has 0 heterocycles. The van der Waals surface area contributed by atoms with Gasteiger partial charge in [-0.15, -0.1) is 0 Å². The molecule has 0 saturated heterocycles. The second kappa shape index (κ2) is 8.73. The average Bonchev–Trinajstić information content (AvgIpc) is 2.59. The largest absolute Gasteiger partial charge is 0.402 e. The maximum atomic E-state index is 12.1. The fourth-order valence-electron chi connectivity index (χ4n) is 2.15. The quantitative estimate of drug-likeness (QED) is 0.716. The van der Waals surface area contributed by atoms with Gasteiger partial charge in [0.05, 0.1) is 4.90 Å². The molecular weight excluding hydrogens is 405 g/mol. The predicted octanol–water partition coefficient (Wildman–Crippen LogP) is 3.75. The van der Waals surface area contributed by atoms with Crippen LogP contribution in [0.25, 0.3) is 0 Å². The number of aryl methyl sites for hydroxylation is 1. The van der Waals surface area contributed by atoms with Gasteiger partial charge in [-0.1, -0.05) is 29.8 Å². The van der Waals surface area contributed by atoms with Crippen molar-refractivity contribution in [3.05, 3.63) is 59.1 Å². The van der Waals surface area contributed by atoms with Crippen molar-refractivity contribution in [2.45, 2.75) is 23.9 Å². The van der Waals surface area contributed by atoms with Crippen LogP contribution < -0.4 is 10.0 Å². The highest BCUT2D eigenvalue weighted by Crippen LogP contribution is 2.19. The lowest BCUT2D eigenvalue weighted by Crippen LogP contribution is -2.33. The lowest BCUT2D eigenvalue weighted by Gasteiger charge is -2.10. The molecule has 2 aromatic rings. The molecule has 0 aromatic heterocycles. The van der Waals surface area contributed by atoms with Crippen LogP contribution >= 0.6 is 11.6 Å². The van der Waals surface area contributed by atoms with E-state index in [1.54, 1.807) is 12.1 Å². The minimum absolute atomic E-state index is 0.164. The number of hydrogen-bond acceptors (Lipinski definition) is 3. The molecule has 0 radical (unpaired) electrons. The first-order valence-electron chi connectivity index (χ1n) is 7.76. The molecule has 0 fully saturated rings. The lowest BCUT2D eigenvalue weighted by molar-refractivity contribution is -0.121. The molecular formula is C17H16ClF3N2O3S. The van der Waals surface area contributed by atoms with E-state index >= 15 is 0 Å². The second-order valence-electron chi connectivity index (χ2n) is 5.60. The summed E-state index contributed by atoms with van der Waals surface area (Å²) >= 11 is 6.02. The van der Waals surface area contributed by atoms with Crippen molar-refractivity contribution in [2.24, 2.45) is 0 Å². The third kappa shape index (κ3) is 6.85. The molecule has 0 saturated carbocycles. The molecule has 27 heavy (non-hydrogen) atoms. The van der Waals surface area contributed by atoms with Crippen LogP contribution in [0.4, 0.5) is 18.9 Å². The van der Waals surface area contributed by atoms with Gasteiger partial charge >= 0.3 is 6.18 Å². The second-order valence-corrected chi connectivity index (χ2v) is 7.78. The van der Waals surface area contributed by atoms with Gasteiger partial charge in [-0.05, 0) is 42.3 Å². The minimum atomic E-state index is -4.65. The predicted molar refractivity (Wildman–Crippen MR) is 96.1 cm³/mol. The van der Waals surface area contributed by atoms with Crippen molar-refractivity contribution < 1.29 is 26.4 Å². The van der Waals surface area contributed by atoms with Gasteiger partial charge in [0.2, 0.25) is 15.9 Å². The number of benzene rings is 2. The van der Waals surface area contributed by atoms with E-state index in [4.69, 9.17) is 11.6 Å². The minimum Gasteiger partial charge on any atom is -0.326 e. The van der Waals surface area contributed by atoms with Gasteiger partial charge < -0.3 is 5.32 Å². The molecule has 0 aliphatic heterocycles. The third-order valence-corrected chi connectivity index (χ3v) is 5.28. The van der Waals surface area contributed by atoms with Gasteiger partial charge in [-0.3, -0.25) is 4.79 Å². The zero-order valence-corrected chi connectivity index (χ0v) is 15.5. The zero-order valence-electron chi connectivity index (χ0n) is 13.9. The maximum Gasteiger partial charge on any atom is 0.402 e. The Morgan fingerprint density at radius 2 is 1.67 bits per heavy atom.